The van der Waals surface area contributed by atoms with Crippen LogP contribution < -0.4 is 10.0 Å². The molecule has 0 saturated carbocycles. The molecule has 0 saturated heterocycles. The molecule has 3 rings (SSSR count). The normalized spacial score (nSPS) is 11.5. The first-order chi connectivity index (χ1) is 12.2. The van der Waals surface area contributed by atoms with Crippen LogP contribution in [0.3, 0.4) is 0 Å². The number of rotatable bonds is 4. The van der Waals surface area contributed by atoms with Crippen LogP contribution in [0.25, 0.3) is 10.2 Å². The second-order valence-electron chi connectivity index (χ2n) is 6.21. The van der Waals surface area contributed by atoms with Crippen molar-refractivity contribution in [3.63, 3.8) is 0 Å². The van der Waals surface area contributed by atoms with Crippen molar-refractivity contribution in [2.75, 3.05) is 10.0 Å². The molecule has 0 aliphatic rings. The number of anilines is 2. The second kappa shape index (κ2) is 6.69. The van der Waals surface area contributed by atoms with E-state index in [1.807, 2.05) is 19.9 Å². The highest BCUT2D eigenvalue weighted by Gasteiger charge is 2.18. The van der Waals surface area contributed by atoms with E-state index in [4.69, 9.17) is 0 Å². The molecule has 0 fully saturated rings. The first-order valence-corrected chi connectivity index (χ1v) is 10.2. The number of nitrogens with one attached hydrogen (secondary N) is 2. The zero-order chi connectivity index (χ0) is 19.1. The molecule has 0 unspecified atom stereocenters. The minimum absolute atomic E-state index is 0.197. The summed E-state index contributed by atoms with van der Waals surface area (Å²) in [6.45, 7) is 6.97. The first kappa shape index (κ1) is 18.3. The fourth-order valence-corrected chi connectivity index (χ4v) is 5.07. The Morgan fingerprint density at radius 2 is 1.81 bits per heavy atom. The third-order valence-electron chi connectivity index (χ3n) is 3.84. The fourth-order valence-electron chi connectivity index (χ4n) is 2.77. The molecular weight excluding hydrogens is 370 g/mol. The lowest BCUT2D eigenvalue weighted by atomic mass is 10.2. The summed E-state index contributed by atoms with van der Waals surface area (Å²) in [6.07, 6.45) is 0. The Bertz CT molecular complexity index is 1120. The number of amides is 1. The van der Waals surface area contributed by atoms with Crippen LogP contribution in [0.4, 0.5) is 10.8 Å². The van der Waals surface area contributed by atoms with Crippen molar-refractivity contribution in [3.05, 3.63) is 47.0 Å². The Kier molecular flexibility index (Phi) is 4.72. The van der Waals surface area contributed by atoms with Crippen molar-refractivity contribution < 1.29 is 13.2 Å². The SMILES string of the molecule is CC(=O)Nc1nc2c(C)cc(NS(=O)(=O)c3ccc(C)cc3C)cc2s1. The van der Waals surface area contributed by atoms with E-state index in [0.29, 0.717) is 16.4 Å². The van der Waals surface area contributed by atoms with E-state index in [2.05, 4.69) is 15.0 Å². The molecule has 1 amide bonds. The van der Waals surface area contributed by atoms with Crippen molar-refractivity contribution in [2.24, 2.45) is 0 Å². The maximum atomic E-state index is 12.8. The molecular formula is C18H19N3O3S2. The standard InChI is InChI=1S/C18H19N3O3S2/c1-10-5-6-16(11(2)7-10)26(23,24)21-14-8-12(3)17-15(9-14)25-18(20-17)19-13(4)22/h5-9,21H,1-4H3,(H,19,20,22). The molecule has 0 radical (unpaired) electrons. The van der Waals surface area contributed by atoms with Gasteiger partial charge in [-0.25, -0.2) is 13.4 Å². The summed E-state index contributed by atoms with van der Waals surface area (Å²) in [5, 5.41) is 3.15. The monoisotopic (exact) mass is 389 g/mol. The molecule has 6 nitrogen and oxygen atoms in total. The average molecular weight is 390 g/mol. The number of fused-ring (bicyclic) bond motifs is 1. The van der Waals surface area contributed by atoms with E-state index in [9.17, 15) is 13.2 Å². The minimum atomic E-state index is -3.69. The Morgan fingerprint density at radius 1 is 1.08 bits per heavy atom. The summed E-state index contributed by atoms with van der Waals surface area (Å²) in [6, 6.07) is 8.69. The van der Waals surface area contributed by atoms with E-state index >= 15 is 0 Å². The molecule has 26 heavy (non-hydrogen) atoms. The van der Waals surface area contributed by atoms with Gasteiger partial charge in [-0.05, 0) is 50.1 Å². The topological polar surface area (TPSA) is 88.2 Å². The van der Waals surface area contributed by atoms with Gasteiger partial charge in [0.05, 0.1) is 20.8 Å². The van der Waals surface area contributed by atoms with Crippen LogP contribution in [-0.4, -0.2) is 19.3 Å². The van der Waals surface area contributed by atoms with Gasteiger partial charge < -0.3 is 5.32 Å². The lowest BCUT2D eigenvalue weighted by Crippen LogP contribution is -2.14. The van der Waals surface area contributed by atoms with Crippen LogP contribution in [-0.2, 0) is 14.8 Å². The van der Waals surface area contributed by atoms with Crippen LogP contribution in [0.15, 0.2) is 35.2 Å². The van der Waals surface area contributed by atoms with Crippen molar-refractivity contribution >= 4 is 48.3 Å². The van der Waals surface area contributed by atoms with Crippen molar-refractivity contribution in [1.82, 2.24) is 4.98 Å². The van der Waals surface area contributed by atoms with Crippen LogP contribution in [0.5, 0.6) is 0 Å². The number of thiazole rings is 1. The van der Waals surface area contributed by atoms with Crippen LogP contribution in [0.2, 0.25) is 0 Å². The van der Waals surface area contributed by atoms with Gasteiger partial charge in [0, 0.05) is 6.92 Å². The quantitative estimate of drug-likeness (QED) is 0.706. The maximum Gasteiger partial charge on any atom is 0.262 e. The Balaban J connectivity index is 1.98. The summed E-state index contributed by atoms with van der Waals surface area (Å²) in [4.78, 5) is 15.8. The highest BCUT2D eigenvalue weighted by atomic mass is 32.2. The van der Waals surface area contributed by atoms with Gasteiger partial charge in [0.1, 0.15) is 0 Å². The molecule has 8 heteroatoms. The largest absolute Gasteiger partial charge is 0.302 e. The summed E-state index contributed by atoms with van der Waals surface area (Å²) < 4.78 is 28.9. The maximum absolute atomic E-state index is 12.8. The van der Waals surface area contributed by atoms with Crippen molar-refractivity contribution in [2.45, 2.75) is 32.6 Å². The number of carbonyl (C=O) groups is 1. The molecule has 1 aromatic heterocycles. The first-order valence-electron chi connectivity index (χ1n) is 7.94. The molecule has 1 heterocycles. The Labute approximate surface area is 156 Å². The van der Waals surface area contributed by atoms with Crippen LogP contribution in [0.1, 0.15) is 23.6 Å². The zero-order valence-corrected chi connectivity index (χ0v) is 16.5. The predicted octanol–water partition coefficient (Wildman–Crippen LogP) is 3.98. The summed E-state index contributed by atoms with van der Waals surface area (Å²) in [5.74, 6) is -0.197. The number of nitrogens with zero attached hydrogens (tertiary/aromatic N) is 1. The molecule has 2 aromatic carbocycles. The molecule has 2 N–H and O–H groups in total. The smallest absolute Gasteiger partial charge is 0.262 e. The zero-order valence-electron chi connectivity index (χ0n) is 14.9. The molecule has 3 aromatic rings. The number of benzene rings is 2. The number of aromatic nitrogens is 1. The van der Waals surface area contributed by atoms with Gasteiger partial charge in [0.2, 0.25) is 5.91 Å². The van der Waals surface area contributed by atoms with E-state index in [1.54, 1.807) is 31.2 Å². The van der Waals surface area contributed by atoms with Gasteiger partial charge in [0.25, 0.3) is 10.0 Å². The van der Waals surface area contributed by atoms with Gasteiger partial charge in [0.15, 0.2) is 5.13 Å². The predicted molar refractivity (Wildman–Crippen MR) is 105 cm³/mol. The lowest BCUT2D eigenvalue weighted by Gasteiger charge is -2.11. The highest BCUT2D eigenvalue weighted by Crippen LogP contribution is 2.32. The Morgan fingerprint density at radius 3 is 2.46 bits per heavy atom. The van der Waals surface area contributed by atoms with Gasteiger partial charge in [-0.3, -0.25) is 9.52 Å². The molecule has 136 valence electrons. The number of hydrogen-bond donors (Lipinski definition) is 2. The van der Waals surface area contributed by atoms with Gasteiger partial charge in [-0.15, -0.1) is 0 Å². The fraction of sp³-hybridized carbons (Fsp3) is 0.222. The van der Waals surface area contributed by atoms with Crippen molar-refractivity contribution in [3.8, 4) is 0 Å². The van der Waals surface area contributed by atoms with E-state index in [0.717, 1.165) is 21.3 Å². The van der Waals surface area contributed by atoms with Crippen LogP contribution in [0, 0.1) is 20.8 Å². The number of aryl methyl sites for hydroxylation is 3. The van der Waals surface area contributed by atoms with E-state index < -0.39 is 10.0 Å². The summed E-state index contributed by atoms with van der Waals surface area (Å²) in [7, 11) is -3.69. The molecule has 0 aliphatic carbocycles. The summed E-state index contributed by atoms with van der Waals surface area (Å²) in [5.41, 5.74) is 3.74. The third kappa shape index (κ3) is 3.71. The lowest BCUT2D eigenvalue weighted by molar-refractivity contribution is -0.114. The third-order valence-corrected chi connectivity index (χ3v) is 6.30. The molecule has 0 bridgehead atoms. The average Bonchev–Trinajstić information content (AvgIpc) is 2.88. The Hall–Kier alpha value is -2.45. The van der Waals surface area contributed by atoms with E-state index in [-0.39, 0.29) is 10.8 Å². The number of hydrogen-bond acceptors (Lipinski definition) is 5. The van der Waals surface area contributed by atoms with Crippen molar-refractivity contribution in [1.29, 1.82) is 0 Å². The van der Waals surface area contributed by atoms with E-state index in [1.165, 1.54) is 18.3 Å². The van der Waals surface area contributed by atoms with Gasteiger partial charge >= 0.3 is 0 Å². The van der Waals surface area contributed by atoms with Crippen LogP contribution >= 0.6 is 11.3 Å². The number of sulfonamides is 1. The van der Waals surface area contributed by atoms with Gasteiger partial charge in [-0.2, -0.15) is 0 Å². The summed E-state index contributed by atoms with van der Waals surface area (Å²) >= 11 is 1.30. The molecule has 0 spiro atoms. The highest BCUT2D eigenvalue weighted by molar-refractivity contribution is 7.92. The van der Waals surface area contributed by atoms with Gasteiger partial charge in [-0.1, -0.05) is 29.0 Å². The molecule has 0 atom stereocenters. The second-order valence-corrected chi connectivity index (χ2v) is 8.90. The molecule has 0 aliphatic heterocycles. The number of carbonyl (C=O) groups excluding carboxylic acids is 1. The minimum Gasteiger partial charge on any atom is -0.302 e.